The average molecular weight is 235 g/mol. The lowest BCUT2D eigenvalue weighted by Gasteiger charge is -2.20. The Hall–Kier alpha value is -1.51. The zero-order valence-electron chi connectivity index (χ0n) is 10.8. The Kier molecular flexibility index (Phi) is 5.01. The molecule has 1 unspecified atom stereocenters. The molecule has 0 aliphatic heterocycles. The van der Waals surface area contributed by atoms with Crippen molar-refractivity contribution in [2.75, 3.05) is 18.5 Å². The average Bonchev–Trinajstić information content (AvgIpc) is 2.35. The summed E-state index contributed by atoms with van der Waals surface area (Å²) in [6.07, 6.45) is 1.71. The van der Waals surface area contributed by atoms with E-state index in [0.29, 0.717) is 6.42 Å². The molecule has 0 heterocycles. The summed E-state index contributed by atoms with van der Waals surface area (Å²) in [5, 5.41) is 8.82. The van der Waals surface area contributed by atoms with Crippen molar-refractivity contribution < 1.29 is 9.90 Å². The zero-order chi connectivity index (χ0) is 12.8. The van der Waals surface area contributed by atoms with Crippen LogP contribution in [0.25, 0.3) is 0 Å². The predicted molar refractivity (Wildman–Crippen MR) is 70.5 cm³/mol. The number of rotatable bonds is 6. The Balaban J connectivity index is 2.51. The van der Waals surface area contributed by atoms with Gasteiger partial charge in [0.1, 0.15) is 0 Å². The van der Waals surface area contributed by atoms with Gasteiger partial charge in [0.2, 0.25) is 0 Å². The molecule has 0 aliphatic carbocycles. The van der Waals surface area contributed by atoms with Gasteiger partial charge in [-0.2, -0.15) is 0 Å². The van der Waals surface area contributed by atoms with E-state index >= 15 is 0 Å². The molecule has 0 aliphatic rings. The minimum Gasteiger partial charge on any atom is -0.481 e. The summed E-state index contributed by atoms with van der Waals surface area (Å²) in [4.78, 5) is 12.8. The van der Waals surface area contributed by atoms with E-state index in [1.54, 1.807) is 6.92 Å². The van der Waals surface area contributed by atoms with E-state index in [-0.39, 0.29) is 5.92 Å². The molecule has 1 atom stereocenters. The first-order valence-corrected chi connectivity index (χ1v) is 6.07. The second-order valence-corrected chi connectivity index (χ2v) is 4.47. The summed E-state index contributed by atoms with van der Waals surface area (Å²) in [5.74, 6) is -1.01. The molecule has 0 amide bonds. The van der Waals surface area contributed by atoms with Gasteiger partial charge in [0.05, 0.1) is 5.92 Å². The first-order valence-electron chi connectivity index (χ1n) is 6.07. The van der Waals surface area contributed by atoms with Crippen LogP contribution < -0.4 is 4.90 Å². The number of carbonyl (C=O) groups is 1. The Bertz CT molecular complexity index is 359. The van der Waals surface area contributed by atoms with Crippen LogP contribution in [0.2, 0.25) is 0 Å². The van der Waals surface area contributed by atoms with Gasteiger partial charge in [-0.15, -0.1) is 0 Å². The highest BCUT2D eigenvalue weighted by molar-refractivity contribution is 5.69. The van der Waals surface area contributed by atoms with Gasteiger partial charge in [-0.25, -0.2) is 0 Å². The normalized spacial score (nSPS) is 12.2. The van der Waals surface area contributed by atoms with E-state index < -0.39 is 5.97 Å². The van der Waals surface area contributed by atoms with Gasteiger partial charge in [-0.05, 0) is 30.5 Å². The highest BCUT2D eigenvalue weighted by atomic mass is 16.4. The van der Waals surface area contributed by atoms with Crippen LogP contribution in [0.3, 0.4) is 0 Å². The molecule has 0 spiro atoms. The molecule has 17 heavy (non-hydrogen) atoms. The lowest BCUT2D eigenvalue weighted by Crippen LogP contribution is -2.22. The number of aliphatic carboxylic acids is 1. The summed E-state index contributed by atoms with van der Waals surface area (Å²) in [5.41, 5.74) is 2.46. The maximum absolute atomic E-state index is 10.7. The molecule has 0 aromatic heterocycles. The van der Waals surface area contributed by atoms with E-state index in [0.717, 1.165) is 18.7 Å². The van der Waals surface area contributed by atoms with E-state index in [4.69, 9.17) is 5.11 Å². The number of anilines is 1. The van der Waals surface area contributed by atoms with Crippen LogP contribution in [0.4, 0.5) is 5.69 Å². The van der Waals surface area contributed by atoms with Crippen molar-refractivity contribution in [3.63, 3.8) is 0 Å². The molecule has 0 bridgehead atoms. The second-order valence-electron chi connectivity index (χ2n) is 4.47. The number of carboxylic acids is 1. The number of hydrogen-bond acceptors (Lipinski definition) is 2. The molecule has 0 fully saturated rings. The number of aryl methyl sites for hydroxylation is 1. The molecule has 0 saturated carbocycles. The standard InChI is InChI=1S/C14H21NO2/c1-4-12-5-7-13(8-6-12)15(3)10-9-11(2)14(16)17/h5-8,11H,4,9-10H2,1-3H3,(H,16,17). The minimum absolute atomic E-state index is 0.285. The van der Waals surface area contributed by atoms with E-state index in [1.807, 2.05) is 7.05 Å². The quantitative estimate of drug-likeness (QED) is 0.824. The van der Waals surface area contributed by atoms with E-state index in [2.05, 4.69) is 36.1 Å². The maximum Gasteiger partial charge on any atom is 0.306 e. The lowest BCUT2D eigenvalue weighted by molar-refractivity contribution is -0.141. The van der Waals surface area contributed by atoms with Crippen molar-refractivity contribution >= 4 is 11.7 Å². The fraction of sp³-hybridized carbons (Fsp3) is 0.500. The summed E-state index contributed by atoms with van der Waals surface area (Å²) in [6.45, 7) is 4.64. The summed E-state index contributed by atoms with van der Waals surface area (Å²) < 4.78 is 0. The molecule has 0 radical (unpaired) electrons. The predicted octanol–water partition coefficient (Wildman–Crippen LogP) is 2.80. The topological polar surface area (TPSA) is 40.5 Å². The Labute approximate surface area is 103 Å². The Morgan fingerprint density at radius 3 is 2.41 bits per heavy atom. The molecule has 3 heteroatoms. The van der Waals surface area contributed by atoms with Crippen LogP contribution in [-0.2, 0) is 11.2 Å². The largest absolute Gasteiger partial charge is 0.481 e. The number of hydrogen-bond donors (Lipinski definition) is 1. The third-order valence-corrected chi connectivity index (χ3v) is 3.10. The third kappa shape index (κ3) is 4.10. The summed E-state index contributed by atoms with van der Waals surface area (Å²) >= 11 is 0. The van der Waals surface area contributed by atoms with Crippen LogP contribution in [0.5, 0.6) is 0 Å². The van der Waals surface area contributed by atoms with Crippen LogP contribution >= 0.6 is 0 Å². The van der Waals surface area contributed by atoms with Crippen molar-refractivity contribution in [2.45, 2.75) is 26.7 Å². The van der Waals surface area contributed by atoms with Crippen molar-refractivity contribution in [3.8, 4) is 0 Å². The van der Waals surface area contributed by atoms with Gasteiger partial charge >= 0.3 is 5.97 Å². The van der Waals surface area contributed by atoms with E-state index in [1.165, 1.54) is 5.56 Å². The van der Waals surface area contributed by atoms with Crippen LogP contribution in [-0.4, -0.2) is 24.7 Å². The summed E-state index contributed by atoms with van der Waals surface area (Å²) in [7, 11) is 2.00. The molecule has 1 rings (SSSR count). The van der Waals surface area contributed by atoms with Crippen molar-refractivity contribution in [3.05, 3.63) is 29.8 Å². The molecular formula is C14H21NO2. The van der Waals surface area contributed by atoms with Gasteiger partial charge in [0.25, 0.3) is 0 Å². The fourth-order valence-electron chi connectivity index (χ4n) is 1.63. The maximum atomic E-state index is 10.7. The number of carboxylic acid groups (broad SMARTS) is 1. The fourth-order valence-corrected chi connectivity index (χ4v) is 1.63. The smallest absolute Gasteiger partial charge is 0.306 e. The van der Waals surface area contributed by atoms with Crippen LogP contribution in [0, 0.1) is 5.92 Å². The van der Waals surface area contributed by atoms with E-state index in [9.17, 15) is 4.79 Å². The van der Waals surface area contributed by atoms with Crippen molar-refractivity contribution in [1.29, 1.82) is 0 Å². The van der Waals surface area contributed by atoms with Gasteiger partial charge in [0, 0.05) is 19.3 Å². The van der Waals surface area contributed by atoms with Crippen LogP contribution in [0.15, 0.2) is 24.3 Å². The Morgan fingerprint density at radius 2 is 1.94 bits per heavy atom. The SMILES string of the molecule is CCc1ccc(N(C)CCC(C)C(=O)O)cc1. The third-order valence-electron chi connectivity index (χ3n) is 3.10. The number of benzene rings is 1. The monoisotopic (exact) mass is 235 g/mol. The van der Waals surface area contributed by atoms with Crippen molar-refractivity contribution in [2.24, 2.45) is 5.92 Å². The van der Waals surface area contributed by atoms with Gasteiger partial charge in [0.15, 0.2) is 0 Å². The van der Waals surface area contributed by atoms with Gasteiger partial charge in [-0.3, -0.25) is 4.79 Å². The first-order chi connectivity index (χ1) is 8.04. The minimum atomic E-state index is -0.722. The second kappa shape index (κ2) is 6.28. The summed E-state index contributed by atoms with van der Waals surface area (Å²) in [6, 6.07) is 8.41. The molecule has 3 nitrogen and oxygen atoms in total. The van der Waals surface area contributed by atoms with Crippen LogP contribution in [0.1, 0.15) is 25.8 Å². The molecule has 1 N–H and O–H groups in total. The molecular weight excluding hydrogens is 214 g/mol. The number of nitrogens with zero attached hydrogens (tertiary/aromatic N) is 1. The van der Waals surface area contributed by atoms with Crippen molar-refractivity contribution in [1.82, 2.24) is 0 Å². The lowest BCUT2D eigenvalue weighted by atomic mass is 10.1. The molecule has 1 aromatic carbocycles. The van der Waals surface area contributed by atoms with Gasteiger partial charge < -0.3 is 10.0 Å². The Morgan fingerprint density at radius 1 is 1.35 bits per heavy atom. The highest BCUT2D eigenvalue weighted by Gasteiger charge is 2.11. The molecule has 0 saturated heterocycles. The zero-order valence-corrected chi connectivity index (χ0v) is 10.8. The molecule has 94 valence electrons. The van der Waals surface area contributed by atoms with Gasteiger partial charge in [-0.1, -0.05) is 26.0 Å². The molecule has 1 aromatic rings. The highest BCUT2D eigenvalue weighted by Crippen LogP contribution is 2.15. The first kappa shape index (κ1) is 13.6.